The first kappa shape index (κ1) is 32.4. The number of nitrogens with zero attached hydrogens (tertiary/aromatic N) is 3. The minimum Gasteiger partial charge on any atom is -0.440 e. The normalized spacial score (nSPS) is 13.0. The number of hydrogen-bond acceptors (Lipinski definition) is 7. The van der Waals surface area contributed by atoms with E-state index < -0.39 is 17.2 Å². The number of aromatic nitrogens is 3. The molecule has 2 aromatic heterocycles. The highest BCUT2D eigenvalue weighted by atomic mass is 19.1. The average Bonchev–Trinajstić information content (AvgIpc) is 3.31. The van der Waals surface area contributed by atoms with Gasteiger partial charge in [0, 0.05) is 23.5 Å². The van der Waals surface area contributed by atoms with Crippen molar-refractivity contribution in [3.63, 3.8) is 0 Å². The Morgan fingerprint density at radius 3 is 2.16 bits per heavy atom. The minimum atomic E-state index is -1.17. The third-order valence-corrected chi connectivity index (χ3v) is 5.49. The molecule has 0 saturated heterocycles. The van der Waals surface area contributed by atoms with E-state index in [-0.39, 0.29) is 23.1 Å². The second-order valence-corrected chi connectivity index (χ2v) is 8.56. The van der Waals surface area contributed by atoms with Crippen LogP contribution in [0.4, 0.5) is 8.78 Å². The third-order valence-electron chi connectivity index (χ3n) is 5.49. The van der Waals surface area contributed by atoms with E-state index in [4.69, 9.17) is 15.9 Å². The van der Waals surface area contributed by atoms with Gasteiger partial charge in [-0.15, -0.1) is 0 Å². The molecule has 1 unspecified atom stereocenters. The Hall–Kier alpha value is -3.59. The van der Waals surface area contributed by atoms with Gasteiger partial charge in [-0.05, 0) is 51.0 Å². The number of benzene rings is 1. The fourth-order valence-electron chi connectivity index (χ4n) is 3.63. The predicted molar refractivity (Wildman–Crippen MR) is 149 cm³/mol. The topological polar surface area (TPSA) is 124 Å². The third kappa shape index (κ3) is 7.71. The van der Waals surface area contributed by atoms with Crippen molar-refractivity contribution in [2.75, 3.05) is 0 Å². The molecule has 0 amide bonds. The molecule has 38 heavy (non-hydrogen) atoms. The molecule has 7 nitrogen and oxygen atoms in total. The van der Waals surface area contributed by atoms with Crippen LogP contribution in [0, 0.1) is 18.6 Å². The smallest absolute Gasteiger partial charge is 0.247 e. The fourth-order valence-corrected chi connectivity index (χ4v) is 3.63. The molecule has 0 fully saturated rings. The van der Waals surface area contributed by atoms with Gasteiger partial charge in [0.2, 0.25) is 5.89 Å². The van der Waals surface area contributed by atoms with Crippen LogP contribution in [0.25, 0.3) is 17.3 Å². The first-order valence-electron chi connectivity index (χ1n) is 12.9. The molecular formula is C29H41F2N5O2. The number of aliphatic hydroxyl groups is 1. The standard InChI is InChI=1S/C25H29F2N5O2.2C2H6/c1-6-15(10-18(28)21-16(26)8-7-9-17(21)27)22(29)13(2)19-11-30-12-20(31-19)24-32-23(14(3)34-24)25(4,5)33;2*1-2/h7-13,33H,6,28-29H2,1-5H3;2*1-2H3/b18-10-,22-15-;;. The van der Waals surface area contributed by atoms with E-state index in [9.17, 15) is 13.9 Å². The molecule has 3 rings (SSSR count). The Morgan fingerprint density at radius 2 is 1.66 bits per heavy atom. The van der Waals surface area contributed by atoms with Gasteiger partial charge in [-0.3, -0.25) is 4.98 Å². The Balaban J connectivity index is 0.00000172. The molecule has 0 aliphatic rings. The zero-order valence-corrected chi connectivity index (χ0v) is 23.9. The lowest BCUT2D eigenvalue weighted by atomic mass is 9.96. The molecule has 0 bridgehead atoms. The summed E-state index contributed by atoms with van der Waals surface area (Å²) in [6.45, 7) is 16.7. The van der Waals surface area contributed by atoms with Crippen molar-refractivity contribution in [2.45, 2.75) is 80.3 Å². The van der Waals surface area contributed by atoms with E-state index in [0.717, 1.165) is 12.1 Å². The largest absolute Gasteiger partial charge is 0.440 e. The van der Waals surface area contributed by atoms with E-state index in [1.165, 1.54) is 18.3 Å². The molecule has 3 aromatic rings. The van der Waals surface area contributed by atoms with Gasteiger partial charge in [0.1, 0.15) is 34.4 Å². The Morgan fingerprint density at radius 1 is 1.08 bits per heavy atom. The van der Waals surface area contributed by atoms with E-state index >= 15 is 0 Å². The number of halogens is 2. The maximum Gasteiger partial charge on any atom is 0.247 e. The number of rotatable bonds is 7. The maximum absolute atomic E-state index is 14.1. The Labute approximate surface area is 224 Å². The highest BCUT2D eigenvalue weighted by Gasteiger charge is 2.26. The molecule has 5 N–H and O–H groups in total. The summed E-state index contributed by atoms with van der Waals surface area (Å²) >= 11 is 0. The summed E-state index contributed by atoms with van der Waals surface area (Å²) in [5.74, 6) is -1.17. The molecule has 0 radical (unpaired) electrons. The lowest BCUT2D eigenvalue weighted by molar-refractivity contribution is 0.0728. The van der Waals surface area contributed by atoms with Crippen LogP contribution < -0.4 is 11.5 Å². The summed E-state index contributed by atoms with van der Waals surface area (Å²) in [6.07, 6.45) is 5.05. The predicted octanol–water partition coefficient (Wildman–Crippen LogP) is 6.72. The Bertz CT molecular complexity index is 1240. The number of allylic oxidation sites excluding steroid dienone is 3. The van der Waals surface area contributed by atoms with Crippen molar-refractivity contribution in [3.05, 3.63) is 82.3 Å². The van der Waals surface area contributed by atoms with E-state index in [2.05, 4.69) is 15.0 Å². The van der Waals surface area contributed by atoms with Crippen molar-refractivity contribution in [1.82, 2.24) is 15.0 Å². The maximum atomic E-state index is 14.1. The van der Waals surface area contributed by atoms with Crippen molar-refractivity contribution < 1.29 is 18.3 Å². The zero-order chi connectivity index (χ0) is 29.2. The van der Waals surface area contributed by atoms with Crippen molar-refractivity contribution in [3.8, 4) is 11.6 Å². The lowest BCUT2D eigenvalue weighted by Crippen LogP contribution is -2.17. The van der Waals surface area contributed by atoms with Gasteiger partial charge in [-0.25, -0.2) is 18.7 Å². The first-order valence-corrected chi connectivity index (χ1v) is 12.9. The van der Waals surface area contributed by atoms with Crippen molar-refractivity contribution in [2.24, 2.45) is 11.5 Å². The van der Waals surface area contributed by atoms with Crippen LogP contribution in [0.2, 0.25) is 0 Å². The number of nitrogens with two attached hydrogens (primary N) is 2. The van der Waals surface area contributed by atoms with Crippen LogP contribution in [-0.2, 0) is 5.60 Å². The van der Waals surface area contributed by atoms with Crippen molar-refractivity contribution in [1.29, 1.82) is 0 Å². The second kappa shape index (κ2) is 14.4. The summed E-state index contributed by atoms with van der Waals surface area (Å²) in [4.78, 5) is 13.2. The lowest BCUT2D eigenvalue weighted by Gasteiger charge is -2.16. The highest BCUT2D eigenvalue weighted by molar-refractivity contribution is 5.66. The number of oxazole rings is 1. The number of aryl methyl sites for hydroxylation is 1. The molecule has 0 saturated carbocycles. The van der Waals surface area contributed by atoms with Gasteiger partial charge < -0.3 is 21.0 Å². The molecule has 0 aliphatic carbocycles. The van der Waals surface area contributed by atoms with Gasteiger partial charge in [-0.2, -0.15) is 0 Å². The monoisotopic (exact) mass is 529 g/mol. The van der Waals surface area contributed by atoms with Gasteiger partial charge in [-0.1, -0.05) is 47.6 Å². The van der Waals surface area contributed by atoms with Crippen LogP contribution in [0.5, 0.6) is 0 Å². The fraction of sp³-hybridized carbons (Fsp3) is 0.414. The van der Waals surface area contributed by atoms with Gasteiger partial charge in [0.05, 0.1) is 17.5 Å². The minimum absolute atomic E-state index is 0.0585. The second-order valence-electron chi connectivity index (χ2n) is 8.56. The van der Waals surface area contributed by atoms with Gasteiger partial charge in [0.25, 0.3) is 0 Å². The molecule has 1 aromatic carbocycles. The quantitative estimate of drug-likeness (QED) is 0.290. The summed E-state index contributed by atoms with van der Waals surface area (Å²) in [7, 11) is 0. The Kier molecular flexibility index (Phi) is 12.3. The van der Waals surface area contributed by atoms with Gasteiger partial charge >= 0.3 is 0 Å². The van der Waals surface area contributed by atoms with Crippen LogP contribution in [-0.4, -0.2) is 20.1 Å². The summed E-state index contributed by atoms with van der Waals surface area (Å²) in [5, 5.41) is 10.3. The van der Waals surface area contributed by atoms with Crippen LogP contribution in [0.15, 0.2) is 52.4 Å². The molecule has 1 atom stereocenters. The van der Waals surface area contributed by atoms with Crippen LogP contribution in [0.1, 0.15) is 90.4 Å². The average molecular weight is 530 g/mol. The first-order chi connectivity index (χ1) is 17.9. The molecule has 9 heteroatoms. The van der Waals surface area contributed by atoms with Crippen LogP contribution in [0.3, 0.4) is 0 Å². The SMILES string of the molecule is CC.CC.CCC(/C=C(\N)c1c(F)cccc1F)=C(/N)C(C)c1cncc(-c2nc(C(C)(C)O)c(C)o2)n1. The number of hydrogen-bond donors (Lipinski definition) is 3. The molecule has 0 spiro atoms. The summed E-state index contributed by atoms with van der Waals surface area (Å²) in [6, 6.07) is 3.57. The molecule has 2 heterocycles. The summed E-state index contributed by atoms with van der Waals surface area (Å²) in [5.41, 5.74) is 13.3. The van der Waals surface area contributed by atoms with Crippen molar-refractivity contribution >= 4 is 5.70 Å². The zero-order valence-electron chi connectivity index (χ0n) is 23.9. The van der Waals surface area contributed by atoms with Gasteiger partial charge in [0.15, 0.2) is 0 Å². The molecular weight excluding hydrogens is 488 g/mol. The van der Waals surface area contributed by atoms with E-state index in [1.54, 1.807) is 27.0 Å². The highest BCUT2D eigenvalue weighted by Crippen LogP contribution is 2.30. The summed E-state index contributed by atoms with van der Waals surface area (Å²) < 4.78 is 34.0. The van der Waals surface area contributed by atoms with Crippen LogP contribution >= 0.6 is 0 Å². The van der Waals surface area contributed by atoms with E-state index in [0.29, 0.717) is 40.5 Å². The molecule has 208 valence electrons. The molecule has 0 aliphatic heterocycles. The van der Waals surface area contributed by atoms with E-state index in [1.807, 2.05) is 41.5 Å².